The molecule has 0 heterocycles. The fourth-order valence-corrected chi connectivity index (χ4v) is 4.58. The number of carboxylic acid groups (broad SMARTS) is 1. The molecule has 43 heavy (non-hydrogen) atoms. The Kier molecular flexibility index (Phi) is 12.3. The van der Waals surface area contributed by atoms with Gasteiger partial charge in [0.15, 0.2) is 0 Å². The molecule has 0 aromatic heterocycles. The highest BCUT2D eigenvalue weighted by Crippen LogP contribution is 2.14. The predicted octanol–water partition coefficient (Wildman–Crippen LogP) is 2.33. The van der Waals surface area contributed by atoms with E-state index in [1.165, 1.54) is 12.1 Å². The Balaban J connectivity index is 1.77. The van der Waals surface area contributed by atoms with Crippen molar-refractivity contribution < 1.29 is 29.4 Å². The molecular formula is C33H40N4O6. The van der Waals surface area contributed by atoms with Gasteiger partial charge in [0.25, 0.3) is 0 Å². The van der Waals surface area contributed by atoms with Gasteiger partial charge in [-0.15, -0.1) is 0 Å². The van der Waals surface area contributed by atoms with E-state index in [1.54, 1.807) is 36.4 Å². The van der Waals surface area contributed by atoms with Crippen LogP contribution in [-0.4, -0.2) is 58.1 Å². The van der Waals surface area contributed by atoms with Gasteiger partial charge in [0.2, 0.25) is 17.7 Å². The highest BCUT2D eigenvalue weighted by atomic mass is 16.4. The van der Waals surface area contributed by atoms with E-state index in [2.05, 4.69) is 16.0 Å². The Bertz CT molecular complexity index is 1350. The van der Waals surface area contributed by atoms with Gasteiger partial charge in [-0.1, -0.05) is 93.1 Å². The van der Waals surface area contributed by atoms with Gasteiger partial charge in [0.1, 0.15) is 23.9 Å². The number of nitrogens with one attached hydrogen (secondary N) is 3. The Morgan fingerprint density at radius 1 is 0.674 bits per heavy atom. The number of rotatable bonds is 15. The summed E-state index contributed by atoms with van der Waals surface area (Å²) >= 11 is 0. The van der Waals surface area contributed by atoms with Crippen molar-refractivity contribution in [1.29, 1.82) is 0 Å². The van der Waals surface area contributed by atoms with Crippen molar-refractivity contribution >= 4 is 23.7 Å². The molecule has 0 aliphatic heterocycles. The topological polar surface area (TPSA) is 171 Å². The van der Waals surface area contributed by atoms with Crippen LogP contribution in [0.25, 0.3) is 0 Å². The molecule has 228 valence electrons. The molecular weight excluding hydrogens is 548 g/mol. The Morgan fingerprint density at radius 3 is 1.70 bits per heavy atom. The fraction of sp³-hybridized carbons (Fsp3) is 0.333. The number of carboxylic acids is 1. The molecule has 0 aliphatic carbocycles. The van der Waals surface area contributed by atoms with Crippen molar-refractivity contribution in [3.63, 3.8) is 0 Å². The van der Waals surface area contributed by atoms with Crippen molar-refractivity contribution in [2.24, 2.45) is 11.7 Å². The van der Waals surface area contributed by atoms with Gasteiger partial charge in [-0.2, -0.15) is 0 Å². The average molecular weight is 589 g/mol. The molecule has 0 saturated heterocycles. The van der Waals surface area contributed by atoms with Gasteiger partial charge in [-0.05, 0) is 41.2 Å². The highest BCUT2D eigenvalue weighted by Gasteiger charge is 2.32. The Morgan fingerprint density at radius 2 is 1.16 bits per heavy atom. The van der Waals surface area contributed by atoms with Crippen LogP contribution in [0.1, 0.15) is 37.0 Å². The summed E-state index contributed by atoms with van der Waals surface area (Å²) in [5.74, 6) is -3.24. The third-order valence-corrected chi connectivity index (χ3v) is 7.33. The number of phenolic OH excluding ortho intramolecular Hbond substituents is 1. The first-order chi connectivity index (χ1) is 20.6. The monoisotopic (exact) mass is 588 g/mol. The first-order valence-corrected chi connectivity index (χ1v) is 14.3. The van der Waals surface area contributed by atoms with E-state index in [0.717, 1.165) is 11.1 Å². The number of carbonyl (C=O) groups is 4. The summed E-state index contributed by atoms with van der Waals surface area (Å²) < 4.78 is 0. The molecule has 0 bridgehead atoms. The summed E-state index contributed by atoms with van der Waals surface area (Å²) in [5, 5.41) is 27.4. The minimum Gasteiger partial charge on any atom is -0.508 e. The molecule has 3 aromatic rings. The zero-order valence-corrected chi connectivity index (χ0v) is 24.4. The largest absolute Gasteiger partial charge is 0.508 e. The summed E-state index contributed by atoms with van der Waals surface area (Å²) in [6.07, 6.45) is 0.921. The Labute approximate surface area is 251 Å². The minimum atomic E-state index is -1.28. The lowest BCUT2D eigenvalue weighted by atomic mass is 9.96. The van der Waals surface area contributed by atoms with Gasteiger partial charge >= 0.3 is 5.97 Å². The summed E-state index contributed by atoms with van der Waals surface area (Å²) in [4.78, 5) is 52.2. The number of amides is 3. The van der Waals surface area contributed by atoms with Gasteiger partial charge in [0, 0.05) is 12.8 Å². The third kappa shape index (κ3) is 10.3. The maximum absolute atomic E-state index is 13.6. The lowest BCUT2D eigenvalue weighted by Gasteiger charge is -2.28. The maximum Gasteiger partial charge on any atom is 0.326 e. The second kappa shape index (κ2) is 16.1. The standard InChI is InChI=1S/C33H40N4O6/c1-3-21(2)29(37-30(39)26(34)18-22-10-6-4-7-11-22)32(41)35-27(19-23-12-8-5-9-13-23)31(40)36-28(33(42)43)20-24-14-16-25(38)17-15-24/h4-17,21,26-29,38H,3,18-20,34H2,1-2H3,(H,35,41)(H,36,40)(H,37,39)(H,42,43). The quantitative estimate of drug-likeness (QED) is 0.158. The van der Waals surface area contributed by atoms with Crippen molar-refractivity contribution in [3.05, 3.63) is 102 Å². The van der Waals surface area contributed by atoms with Crippen LogP contribution in [0.5, 0.6) is 5.75 Å². The summed E-state index contributed by atoms with van der Waals surface area (Å²) in [6.45, 7) is 3.70. The van der Waals surface area contributed by atoms with E-state index in [4.69, 9.17) is 5.73 Å². The number of phenols is 1. The minimum absolute atomic E-state index is 0.0296. The van der Waals surface area contributed by atoms with Crippen LogP contribution in [0.15, 0.2) is 84.9 Å². The number of benzene rings is 3. The van der Waals surface area contributed by atoms with E-state index in [-0.39, 0.29) is 30.9 Å². The first-order valence-electron chi connectivity index (χ1n) is 14.3. The third-order valence-electron chi connectivity index (χ3n) is 7.33. The van der Waals surface area contributed by atoms with Crippen LogP contribution in [0.4, 0.5) is 0 Å². The molecule has 10 nitrogen and oxygen atoms in total. The van der Waals surface area contributed by atoms with Crippen LogP contribution in [0.2, 0.25) is 0 Å². The molecule has 5 atom stereocenters. The van der Waals surface area contributed by atoms with Crippen LogP contribution >= 0.6 is 0 Å². The second-order valence-corrected chi connectivity index (χ2v) is 10.7. The predicted molar refractivity (Wildman–Crippen MR) is 163 cm³/mol. The van der Waals surface area contributed by atoms with E-state index in [9.17, 15) is 29.4 Å². The smallest absolute Gasteiger partial charge is 0.326 e. The number of hydrogen-bond acceptors (Lipinski definition) is 6. The SMILES string of the molecule is CCC(C)C(NC(=O)C(N)Cc1ccccc1)C(=O)NC(Cc1ccccc1)C(=O)NC(Cc1ccc(O)cc1)C(=O)O. The van der Waals surface area contributed by atoms with Crippen LogP contribution in [-0.2, 0) is 38.4 Å². The maximum atomic E-state index is 13.6. The van der Waals surface area contributed by atoms with Gasteiger partial charge in [-0.25, -0.2) is 4.79 Å². The van der Waals surface area contributed by atoms with E-state index < -0.39 is 47.9 Å². The zero-order chi connectivity index (χ0) is 31.4. The number of hydrogen-bond donors (Lipinski definition) is 6. The number of aromatic hydroxyl groups is 1. The lowest BCUT2D eigenvalue weighted by Crippen LogP contribution is -2.59. The number of carbonyl (C=O) groups excluding carboxylic acids is 3. The van der Waals surface area contributed by atoms with E-state index in [1.807, 2.05) is 50.2 Å². The number of aliphatic carboxylic acids is 1. The van der Waals surface area contributed by atoms with Crippen LogP contribution < -0.4 is 21.7 Å². The summed E-state index contributed by atoms with van der Waals surface area (Å²) in [7, 11) is 0. The van der Waals surface area contributed by atoms with Crippen molar-refractivity contribution in [2.45, 2.75) is 63.7 Å². The van der Waals surface area contributed by atoms with Crippen molar-refractivity contribution in [2.75, 3.05) is 0 Å². The highest BCUT2D eigenvalue weighted by molar-refractivity contribution is 5.94. The molecule has 0 fully saturated rings. The second-order valence-electron chi connectivity index (χ2n) is 10.7. The Hall–Kier alpha value is -4.70. The summed E-state index contributed by atoms with van der Waals surface area (Å²) in [5.41, 5.74) is 8.40. The molecule has 0 spiro atoms. The molecule has 3 rings (SSSR count). The molecule has 0 aliphatic rings. The molecule has 5 unspecified atom stereocenters. The van der Waals surface area contributed by atoms with Gasteiger partial charge < -0.3 is 31.9 Å². The van der Waals surface area contributed by atoms with Gasteiger partial charge in [0.05, 0.1) is 6.04 Å². The zero-order valence-electron chi connectivity index (χ0n) is 24.4. The van der Waals surface area contributed by atoms with Crippen LogP contribution in [0, 0.1) is 5.92 Å². The lowest BCUT2D eigenvalue weighted by molar-refractivity contribution is -0.142. The molecule has 3 amide bonds. The van der Waals surface area contributed by atoms with Crippen molar-refractivity contribution in [1.82, 2.24) is 16.0 Å². The molecule has 0 saturated carbocycles. The molecule has 10 heteroatoms. The first kappa shape index (κ1) is 32.8. The normalized spacial score (nSPS) is 14.4. The number of nitrogens with two attached hydrogens (primary N) is 1. The van der Waals surface area contributed by atoms with E-state index in [0.29, 0.717) is 12.0 Å². The molecule has 7 N–H and O–H groups in total. The average Bonchev–Trinajstić information content (AvgIpc) is 3.00. The fourth-order valence-electron chi connectivity index (χ4n) is 4.58. The summed E-state index contributed by atoms with van der Waals surface area (Å²) in [6, 6.07) is 20.1. The molecule has 3 aromatic carbocycles. The van der Waals surface area contributed by atoms with E-state index >= 15 is 0 Å². The van der Waals surface area contributed by atoms with Gasteiger partial charge in [-0.3, -0.25) is 14.4 Å². The molecule has 0 radical (unpaired) electrons. The van der Waals surface area contributed by atoms with Crippen molar-refractivity contribution in [3.8, 4) is 5.75 Å². The van der Waals surface area contributed by atoms with Crippen LogP contribution in [0.3, 0.4) is 0 Å².